The summed E-state index contributed by atoms with van der Waals surface area (Å²) in [4.78, 5) is 15.5. The number of ether oxygens (including phenoxy) is 1. The summed E-state index contributed by atoms with van der Waals surface area (Å²) in [6.45, 7) is -0.0878. The summed E-state index contributed by atoms with van der Waals surface area (Å²) in [6.07, 6.45) is 2.48. The molecule has 2 N–H and O–H groups in total. The Morgan fingerprint density at radius 1 is 1.42 bits per heavy atom. The smallest absolute Gasteiger partial charge is 0.340 e. The lowest BCUT2D eigenvalue weighted by Crippen LogP contribution is -2.08. The van der Waals surface area contributed by atoms with Crippen LogP contribution in [-0.2, 0) is 11.3 Å². The maximum atomic E-state index is 12.9. The van der Waals surface area contributed by atoms with E-state index in [1.807, 2.05) is 0 Å². The maximum Gasteiger partial charge on any atom is 0.340 e. The zero-order valence-electron chi connectivity index (χ0n) is 9.77. The van der Waals surface area contributed by atoms with E-state index in [2.05, 4.69) is 4.98 Å². The summed E-state index contributed by atoms with van der Waals surface area (Å²) in [6, 6.07) is 5.91. The third-order valence-electron chi connectivity index (χ3n) is 2.40. The van der Waals surface area contributed by atoms with Crippen molar-refractivity contribution in [2.45, 2.75) is 6.61 Å². The van der Waals surface area contributed by atoms with Crippen molar-refractivity contribution >= 4 is 23.3 Å². The van der Waals surface area contributed by atoms with Crippen molar-refractivity contribution in [2.75, 3.05) is 5.73 Å². The largest absolute Gasteiger partial charge is 0.457 e. The number of nitrogen functional groups attached to an aromatic ring is 1. The van der Waals surface area contributed by atoms with Crippen LogP contribution in [0.25, 0.3) is 0 Å². The van der Waals surface area contributed by atoms with Crippen molar-refractivity contribution in [1.29, 1.82) is 0 Å². The predicted octanol–water partition coefficient (Wildman–Crippen LogP) is 2.81. The highest BCUT2D eigenvalue weighted by atomic mass is 35.5. The van der Waals surface area contributed by atoms with Gasteiger partial charge in [0.25, 0.3) is 0 Å². The van der Waals surface area contributed by atoms with Crippen LogP contribution >= 0.6 is 11.6 Å². The highest BCUT2D eigenvalue weighted by Gasteiger charge is 2.13. The Morgan fingerprint density at radius 2 is 2.21 bits per heavy atom. The number of carbonyl (C=O) groups is 1. The average molecular weight is 281 g/mol. The molecule has 1 heterocycles. The molecule has 0 fully saturated rings. The first-order chi connectivity index (χ1) is 9.08. The molecule has 0 aliphatic heterocycles. The van der Waals surface area contributed by atoms with Crippen LogP contribution in [0.5, 0.6) is 0 Å². The molecule has 1 aromatic carbocycles. The van der Waals surface area contributed by atoms with Gasteiger partial charge in [0.2, 0.25) is 0 Å². The average Bonchev–Trinajstić information content (AvgIpc) is 2.39. The lowest BCUT2D eigenvalue weighted by molar-refractivity contribution is 0.0473. The SMILES string of the molecule is Nc1c(Cl)cccc1C(=O)OCc1cncc(F)c1. The monoisotopic (exact) mass is 280 g/mol. The molecular formula is C13H10ClFN2O2. The minimum absolute atomic E-state index is 0.0878. The quantitative estimate of drug-likeness (QED) is 0.693. The Morgan fingerprint density at radius 3 is 2.95 bits per heavy atom. The number of rotatable bonds is 3. The van der Waals surface area contributed by atoms with Crippen LogP contribution in [0.3, 0.4) is 0 Å². The number of nitrogens with two attached hydrogens (primary N) is 1. The van der Waals surface area contributed by atoms with Gasteiger partial charge in [0.1, 0.15) is 12.4 Å². The van der Waals surface area contributed by atoms with Gasteiger partial charge in [0.15, 0.2) is 0 Å². The van der Waals surface area contributed by atoms with E-state index in [1.54, 1.807) is 12.1 Å². The third-order valence-corrected chi connectivity index (χ3v) is 2.73. The first-order valence-electron chi connectivity index (χ1n) is 5.38. The Labute approximate surface area is 114 Å². The number of aromatic nitrogens is 1. The number of para-hydroxylation sites is 1. The van der Waals surface area contributed by atoms with Gasteiger partial charge >= 0.3 is 5.97 Å². The molecule has 0 saturated carbocycles. The lowest BCUT2D eigenvalue weighted by Gasteiger charge is -2.07. The van der Waals surface area contributed by atoms with Gasteiger partial charge in [-0.05, 0) is 18.2 Å². The fraction of sp³-hybridized carbons (Fsp3) is 0.0769. The normalized spacial score (nSPS) is 10.2. The number of esters is 1. The second-order valence-electron chi connectivity index (χ2n) is 3.79. The number of pyridine rings is 1. The van der Waals surface area contributed by atoms with Crippen LogP contribution < -0.4 is 5.73 Å². The number of nitrogens with zero attached hydrogens (tertiary/aromatic N) is 1. The lowest BCUT2D eigenvalue weighted by atomic mass is 10.2. The van der Waals surface area contributed by atoms with Crippen LogP contribution in [-0.4, -0.2) is 11.0 Å². The molecule has 98 valence electrons. The van der Waals surface area contributed by atoms with Crippen molar-refractivity contribution in [3.05, 3.63) is 58.6 Å². The van der Waals surface area contributed by atoms with E-state index < -0.39 is 11.8 Å². The van der Waals surface area contributed by atoms with E-state index in [0.29, 0.717) is 5.56 Å². The molecule has 0 saturated heterocycles. The Bertz CT molecular complexity index is 619. The van der Waals surface area contributed by atoms with E-state index in [1.165, 1.54) is 18.3 Å². The second-order valence-corrected chi connectivity index (χ2v) is 4.20. The molecule has 4 nitrogen and oxygen atoms in total. The van der Waals surface area contributed by atoms with Gasteiger partial charge in [-0.3, -0.25) is 4.98 Å². The van der Waals surface area contributed by atoms with Crippen molar-refractivity contribution in [1.82, 2.24) is 4.98 Å². The van der Waals surface area contributed by atoms with E-state index in [9.17, 15) is 9.18 Å². The second kappa shape index (κ2) is 5.67. The van der Waals surface area contributed by atoms with Crippen molar-refractivity contribution < 1.29 is 13.9 Å². The van der Waals surface area contributed by atoms with Gasteiger partial charge in [0, 0.05) is 11.8 Å². The molecule has 2 rings (SSSR count). The molecular weight excluding hydrogens is 271 g/mol. The number of benzene rings is 1. The van der Waals surface area contributed by atoms with Gasteiger partial charge in [0.05, 0.1) is 22.5 Å². The summed E-state index contributed by atoms with van der Waals surface area (Å²) < 4.78 is 17.9. The van der Waals surface area contributed by atoms with E-state index in [-0.39, 0.29) is 22.9 Å². The summed E-state index contributed by atoms with van der Waals surface area (Å²) in [5.74, 6) is -1.11. The van der Waals surface area contributed by atoms with E-state index in [4.69, 9.17) is 22.1 Å². The molecule has 0 bridgehead atoms. The zero-order valence-corrected chi connectivity index (χ0v) is 10.5. The minimum atomic E-state index is -0.621. The fourth-order valence-electron chi connectivity index (χ4n) is 1.48. The van der Waals surface area contributed by atoms with Crippen LogP contribution in [0.1, 0.15) is 15.9 Å². The Balaban J connectivity index is 2.08. The highest BCUT2D eigenvalue weighted by molar-refractivity contribution is 6.33. The molecule has 0 aliphatic rings. The molecule has 0 spiro atoms. The molecule has 2 aromatic rings. The molecule has 1 aromatic heterocycles. The van der Waals surface area contributed by atoms with Crippen molar-refractivity contribution in [3.63, 3.8) is 0 Å². The van der Waals surface area contributed by atoms with Gasteiger partial charge in [-0.2, -0.15) is 0 Å². The van der Waals surface area contributed by atoms with Crippen LogP contribution in [0.4, 0.5) is 10.1 Å². The fourth-order valence-corrected chi connectivity index (χ4v) is 1.65. The van der Waals surface area contributed by atoms with Crippen LogP contribution in [0, 0.1) is 5.82 Å². The molecule has 0 atom stereocenters. The minimum Gasteiger partial charge on any atom is -0.457 e. The summed E-state index contributed by atoms with van der Waals surface area (Å²) >= 11 is 5.80. The number of anilines is 1. The number of halogens is 2. The van der Waals surface area contributed by atoms with Gasteiger partial charge < -0.3 is 10.5 Å². The van der Waals surface area contributed by atoms with Gasteiger partial charge in [-0.15, -0.1) is 0 Å². The predicted molar refractivity (Wildman–Crippen MR) is 69.2 cm³/mol. The Kier molecular flexibility index (Phi) is 3.97. The highest BCUT2D eigenvalue weighted by Crippen LogP contribution is 2.23. The van der Waals surface area contributed by atoms with Gasteiger partial charge in [-0.1, -0.05) is 17.7 Å². The van der Waals surface area contributed by atoms with E-state index in [0.717, 1.165) is 6.20 Å². The zero-order chi connectivity index (χ0) is 13.8. The van der Waals surface area contributed by atoms with Crippen molar-refractivity contribution in [3.8, 4) is 0 Å². The van der Waals surface area contributed by atoms with Gasteiger partial charge in [-0.25, -0.2) is 9.18 Å². The first kappa shape index (κ1) is 13.3. The van der Waals surface area contributed by atoms with Crippen LogP contribution in [0.15, 0.2) is 36.7 Å². The van der Waals surface area contributed by atoms with Crippen LogP contribution in [0.2, 0.25) is 5.02 Å². The maximum absolute atomic E-state index is 12.9. The molecule has 0 amide bonds. The molecule has 0 unspecified atom stereocenters. The molecule has 6 heteroatoms. The molecule has 0 radical (unpaired) electrons. The Hall–Kier alpha value is -2.14. The first-order valence-corrected chi connectivity index (χ1v) is 5.76. The summed E-state index contributed by atoms with van der Waals surface area (Å²) in [5.41, 5.74) is 6.46. The summed E-state index contributed by atoms with van der Waals surface area (Å²) in [7, 11) is 0. The molecule has 19 heavy (non-hydrogen) atoms. The standard InChI is InChI=1S/C13H10ClFN2O2/c14-11-3-1-2-10(12(11)16)13(18)19-7-8-4-9(15)6-17-5-8/h1-6H,7,16H2. The number of carbonyl (C=O) groups excluding carboxylic acids is 1. The number of hydrogen-bond donors (Lipinski definition) is 1. The topological polar surface area (TPSA) is 65.2 Å². The molecule has 0 aliphatic carbocycles. The van der Waals surface area contributed by atoms with E-state index >= 15 is 0 Å². The summed E-state index contributed by atoms with van der Waals surface area (Å²) in [5, 5.41) is 0.280. The third kappa shape index (κ3) is 3.20. The number of hydrogen-bond acceptors (Lipinski definition) is 4. The van der Waals surface area contributed by atoms with Crippen molar-refractivity contribution in [2.24, 2.45) is 0 Å².